The molecule has 3 aliphatic carbocycles. The van der Waals surface area contributed by atoms with E-state index in [1.807, 2.05) is 0 Å². The van der Waals surface area contributed by atoms with Crippen LogP contribution in [0.25, 0.3) is 0 Å². The molecule has 0 aliphatic heterocycles. The zero-order chi connectivity index (χ0) is 47.5. The van der Waals surface area contributed by atoms with Crippen molar-refractivity contribution >= 4 is 33.0 Å². The standard InChI is InChI=1S/C60H74O5Si2/c1-57(2,3)66(8,9)65-54(36-25-41-63-60(48-26-15-10-16-27-48,49-28-17-11-18-29-49)50-30-19-12-20-31-50)59-42-46(56(61)62-7)38-37-45-39-40-53(55(45)59)47(43-59)44-64-67(58(4,5)6,51-32-21-13-22-33-51)52-34-23-14-24-35-52/h10-24,26-35,39,42,47,53-55H,25,36-38,40-41,43-44H2,1-9H3/t47-,53+,54?,55+,59-/m0/s1. The normalized spacial score (nSPS) is 21.5. The maximum atomic E-state index is 13.9. The van der Waals surface area contributed by atoms with Crippen LogP contribution in [0.5, 0.6) is 0 Å². The Labute approximate surface area is 404 Å². The maximum absolute atomic E-state index is 13.9. The highest BCUT2D eigenvalue weighted by Gasteiger charge is 2.61. The maximum Gasteiger partial charge on any atom is 0.333 e. The summed E-state index contributed by atoms with van der Waals surface area (Å²) in [7, 11) is -3.69. The lowest BCUT2D eigenvalue weighted by atomic mass is 9.68. The second-order valence-electron chi connectivity index (χ2n) is 22.0. The van der Waals surface area contributed by atoms with Gasteiger partial charge in [0, 0.05) is 24.2 Å². The highest BCUT2D eigenvalue weighted by molar-refractivity contribution is 6.99. The van der Waals surface area contributed by atoms with Gasteiger partial charge in [-0.15, -0.1) is 0 Å². The molecule has 1 fully saturated rings. The van der Waals surface area contributed by atoms with Crippen molar-refractivity contribution in [3.8, 4) is 0 Å². The van der Waals surface area contributed by atoms with E-state index in [2.05, 4.69) is 218 Å². The van der Waals surface area contributed by atoms with Crippen LogP contribution in [-0.4, -0.2) is 49.0 Å². The third-order valence-electron chi connectivity index (χ3n) is 16.1. The van der Waals surface area contributed by atoms with Crippen molar-refractivity contribution in [3.05, 3.63) is 192 Å². The first-order chi connectivity index (χ1) is 32.1. The van der Waals surface area contributed by atoms with Gasteiger partial charge in [-0.3, -0.25) is 0 Å². The predicted octanol–water partition coefficient (Wildman–Crippen LogP) is 13.2. The van der Waals surface area contributed by atoms with Crippen LogP contribution in [0, 0.1) is 23.2 Å². The van der Waals surface area contributed by atoms with Gasteiger partial charge in [-0.05, 0) is 107 Å². The Bertz CT molecular complexity index is 2340. The minimum atomic E-state index is -2.83. The van der Waals surface area contributed by atoms with E-state index in [-0.39, 0.29) is 34.0 Å². The molecule has 5 aromatic carbocycles. The van der Waals surface area contributed by atoms with Gasteiger partial charge in [0.15, 0.2) is 8.32 Å². The molecule has 0 aromatic heterocycles. The first-order valence-corrected chi connectivity index (χ1v) is 29.6. The Morgan fingerprint density at radius 3 is 1.64 bits per heavy atom. The van der Waals surface area contributed by atoms with Crippen LogP contribution in [-0.2, 0) is 28.7 Å². The van der Waals surface area contributed by atoms with Crippen molar-refractivity contribution in [3.63, 3.8) is 0 Å². The van der Waals surface area contributed by atoms with Crippen LogP contribution < -0.4 is 10.4 Å². The molecule has 0 amide bonds. The lowest BCUT2D eigenvalue weighted by Crippen LogP contribution is -2.67. The number of hydrogen-bond acceptors (Lipinski definition) is 5. The number of hydrogen-bond donors (Lipinski definition) is 0. The number of benzene rings is 5. The molecular weight excluding hydrogens is 857 g/mol. The van der Waals surface area contributed by atoms with Gasteiger partial charge in [0.25, 0.3) is 8.32 Å². The molecule has 0 bridgehead atoms. The lowest BCUT2D eigenvalue weighted by Gasteiger charge is -2.47. The molecule has 7 heteroatoms. The van der Waals surface area contributed by atoms with Crippen LogP contribution in [0.4, 0.5) is 0 Å². The molecule has 1 saturated carbocycles. The molecule has 0 N–H and O–H groups in total. The molecule has 5 atom stereocenters. The molecule has 0 radical (unpaired) electrons. The quantitative estimate of drug-likeness (QED) is 0.0306. The summed E-state index contributed by atoms with van der Waals surface area (Å²) in [6.45, 7) is 20.1. The summed E-state index contributed by atoms with van der Waals surface area (Å²) in [4.78, 5) is 13.9. The predicted molar refractivity (Wildman–Crippen MR) is 280 cm³/mol. The first-order valence-electron chi connectivity index (χ1n) is 24.8. The molecule has 3 aliphatic rings. The number of allylic oxidation sites excluding steroid dienone is 2. The Hall–Kier alpha value is -4.64. The molecule has 1 unspecified atom stereocenters. The summed E-state index contributed by atoms with van der Waals surface area (Å²) >= 11 is 0. The van der Waals surface area contributed by atoms with E-state index >= 15 is 0 Å². The molecular formula is C60H74O5Si2. The van der Waals surface area contributed by atoms with Crippen LogP contribution in [0.2, 0.25) is 23.2 Å². The second kappa shape index (κ2) is 19.8. The monoisotopic (exact) mass is 931 g/mol. The van der Waals surface area contributed by atoms with Crippen LogP contribution in [0.1, 0.15) is 96.8 Å². The summed E-state index contributed by atoms with van der Waals surface area (Å²) in [6.07, 6.45) is 9.72. The Morgan fingerprint density at radius 1 is 0.687 bits per heavy atom. The lowest BCUT2D eigenvalue weighted by molar-refractivity contribution is -0.136. The zero-order valence-corrected chi connectivity index (χ0v) is 43.6. The number of carbonyl (C=O) groups excluding carboxylic acids is 1. The zero-order valence-electron chi connectivity index (χ0n) is 41.6. The van der Waals surface area contributed by atoms with Gasteiger partial charge in [-0.25, -0.2) is 4.79 Å². The summed E-state index contributed by atoms with van der Waals surface area (Å²) in [6, 6.07) is 54.0. The van der Waals surface area contributed by atoms with Crippen molar-refractivity contribution in [1.29, 1.82) is 0 Å². The fourth-order valence-electron chi connectivity index (χ4n) is 12.0. The van der Waals surface area contributed by atoms with E-state index in [0.29, 0.717) is 25.6 Å². The highest BCUT2D eigenvalue weighted by atomic mass is 28.4. The van der Waals surface area contributed by atoms with Gasteiger partial charge < -0.3 is 18.3 Å². The number of methoxy groups -OCH3 is 1. The number of ether oxygens (including phenoxy) is 2. The number of carbonyl (C=O) groups is 1. The summed E-state index contributed by atoms with van der Waals surface area (Å²) in [5.41, 5.74) is 4.28. The van der Waals surface area contributed by atoms with Crippen LogP contribution in [0.3, 0.4) is 0 Å². The number of esters is 1. The van der Waals surface area contributed by atoms with E-state index in [0.717, 1.165) is 54.4 Å². The minimum Gasteiger partial charge on any atom is -0.466 e. The Morgan fingerprint density at radius 2 is 1.18 bits per heavy atom. The fourth-order valence-corrected chi connectivity index (χ4v) is 18.0. The Balaban J connectivity index is 1.20. The van der Waals surface area contributed by atoms with E-state index in [9.17, 15) is 4.79 Å². The van der Waals surface area contributed by atoms with Crippen molar-refractivity contribution in [2.45, 2.75) is 115 Å². The van der Waals surface area contributed by atoms with Gasteiger partial charge in [0.05, 0.1) is 13.2 Å². The summed E-state index contributed by atoms with van der Waals surface area (Å²) in [5, 5.41) is 2.42. The van der Waals surface area contributed by atoms with E-state index in [1.165, 1.54) is 23.1 Å². The third kappa shape index (κ3) is 9.32. The van der Waals surface area contributed by atoms with E-state index < -0.39 is 27.7 Å². The first kappa shape index (κ1) is 48.8. The Kier molecular flexibility index (Phi) is 14.4. The van der Waals surface area contributed by atoms with E-state index in [1.54, 1.807) is 0 Å². The molecule has 0 spiro atoms. The van der Waals surface area contributed by atoms with Crippen molar-refractivity contribution in [2.75, 3.05) is 20.3 Å². The fraction of sp³-hybridized carbons (Fsp3) is 0.417. The number of rotatable bonds is 17. The van der Waals surface area contributed by atoms with Gasteiger partial charge in [-0.2, -0.15) is 0 Å². The van der Waals surface area contributed by atoms with Crippen LogP contribution in [0.15, 0.2) is 175 Å². The van der Waals surface area contributed by atoms with Gasteiger partial charge in [-0.1, -0.05) is 211 Å². The highest BCUT2D eigenvalue weighted by Crippen LogP contribution is 2.64. The molecule has 5 nitrogen and oxygen atoms in total. The molecule has 8 rings (SSSR count). The average Bonchev–Trinajstić information content (AvgIpc) is 3.84. The largest absolute Gasteiger partial charge is 0.466 e. The van der Waals surface area contributed by atoms with E-state index in [4.69, 9.17) is 18.3 Å². The average molecular weight is 931 g/mol. The smallest absolute Gasteiger partial charge is 0.333 e. The summed E-state index contributed by atoms with van der Waals surface area (Å²) < 4.78 is 28.7. The third-order valence-corrected chi connectivity index (χ3v) is 25.6. The molecule has 352 valence electrons. The molecule has 0 saturated heterocycles. The molecule has 0 heterocycles. The summed E-state index contributed by atoms with van der Waals surface area (Å²) in [5.74, 6) is 0.619. The molecule has 5 aromatic rings. The minimum absolute atomic E-state index is 0.0285. The molecule has 67 heavy (non-hydrogen) atoms. The van der Waals surface area contributed by atoms with Gasteiger partial charge in [0.2, 0.25) is 0 Å². The topological polar surface area (TPSA) is 54.0 Å². The van der Waals surface area contributed by atoms with Gasteiger partial charge >= 0.3 is 5.97 Å². The van der Waals surface area contributed by atoms with Crippen LogP contribution >= 0.6 is 0 Å². The SMILES string of the molecule is COC(=O)C1=C[C@@]2(C(CCCOC(c3ccccc3)(c3ccccc3)c3ccccc3)O[Si](C)(C)C(C)(C)C)C[C@@H](CO[Si](c3ccccc3)(c3ccccc3)C(C)(C)C)[C@H]3CC=C(CC1)[C@H]32. The van der Waals surface area contributed by atoms with Gasteiger partial charge in [0.1, 0.15) is 5.60 Å². The second-order valence-corrected chi connectivity index (χ2v) is 31.1. The van der Waals surface area contributed by atoms with Crippen molar-refractivity contribution < 1.29 is 23.1 Å². The van der Waals surface area contributed by atoms with Crippen molar-refractivity contribution in [2.24, 2.45) is 23.2 Å². The van der Waals surface area contributed by atoms with Crippen molar-refractivity contribution in [1.82, 2.24) is 0 Å².